The third-order valence-corrected chi connectivity index (χ3v) is 5.45. The number of nitrogens with one attached hydrogen (secondary N) is 1. The van der Waals surface area contributed by atoms with Crippen molar-refractivity contribution in [2.75, 3.05) is 38.2 Å². The van der Waals surface area contributed by atoms with Crippen LogP contribution in [0.4, 0.5) is 5.69 Å². The van der Waals surface area contributed by atoms with Gasteiger partial charge in [-0.3, -0.25) is 9.69 Å². The molecule has 0 bridgehead atoms. The van der Waals surface area contributed by atoms with Gasteiger partial charge in [0.15, 0.2) is 0 Å². The van der Waals surface area contributed by atoms with Gasteiger partial charge in [0.25, 0.3) is 0 Å². The molecule has 6 heteroatoms. The van der Waals surface area contributed by atoms with Crippen LogP contribution in [0, 0.1) is 0 Å². The fourth-order valence-corrected chi connectivity index (χ4v) is 3.58. The van der Waals surface area contributed by atoms with Gasteiger partial charge in [-0.05, 0) is 30.7 Å². The van der Waals surface area contributed by atoms with Crippen LogP contribution in [-0.2, 0) is 11.3 Å². The molecule has 27 heavy (non-hydrogen) atoms. The number of carbonyl (C=O) groups excluding carboxylic acids is 1. The number of hydrogen-bond donors (Lipinski definition) is 1. The lowest BCUT2D eigenvalue weighted by atomic mass is 10.1. The standard InChI is InChI=1S/C21H26ClN3O2/c1-16(21(26)23-15-17-7-3-4-8-18(17)22)24-11-13-25(14-12-24)19-9-5-6-10-20(19)27-2/h3-10,16H,11-15H2,1-2H3,(H,23,26)/t16-/m0/s1. The fourth-order valence-electron chi connectivity index (χ4n) is 3.38. The van der Waals surface area contributed by atoms with E-state index in [-0.39, 0.29) is 11.9 Å². The smallest absolute Gasteiger partial charge is 0.237 e. The van der Waals surface area contributed by atoms with E-state index < -0.39 is 0 Å². The van der Waals surface area contributed by atoms with Crippen LogP contribution in [0.3, 0.4) is 0 Å². The minimum absolute atomic E-state index is 0.0284. The van der Waals surface area contributed by atoms with E-state index in [9.17, 15) is 4.79 Å². The second-order valence-electron chi connectivity index (χ2n) is 6.68. The summed E-state index contributed by atoms with van der Waals surface area (Å²) < 4.78 is 5.46. The largest absolute Gasteiger partial charge is 0.495 e. The molecule has 1 amide bonds. The molecule has 0 unspecified atom stereocenters. The van der Waals surface area contributed by atoms with Crippen LogP contribution < -0.4 is 15.0 Å². The fraction of sp³-hybridized carbons (Fsp3) is 0.381. The SMILES string of the molecule is COc1ccccc1N1CCN([C@@H](C)C(=O)NCc2ccccc2Cl)CC1. The van der Waals surface area contributed by atoms with Crippen molar-refractivity contribution in [3.05, 3.63) is 59.1 Å². The number of rotatable bonds is 6. The number of carbonyl (C=O) groups is 1. The molecule has 1 aliphatic heterocycles. The van der Waals surface area contributed by atoms with Crippen molar-refractivity contribution in [3.8, 4) is 5.75 Å². The van der Waals surface area contributed by atoms with E-state index in [1.807, 2.05) is 49.4 Å². The van der Waals surface area contributed by atoms with Crippen molar-refractivity contribution in [1.82, 2.24) is 10.2 Å². The summed E-state index contributed by atoms with van der Waals surface area (Å²) in [7, 11) is 1.69. The summed E-state index contributed by atoms with van der Waals surface area (Å²) in [5.74, 6) is 0.914. The second kappa shape index (κ2) is 9.11. The molecular weight excluding hydrogens is 362 g/mol. The molecule has 0 radical (unpaired) electrons. The molecular formula is C21H26ClN3O2. The molecule has 144 valence electrons. The van der Waals surface area contributed by atoms with E-state index in [2.05, 4.69) is 21.2 Å². The molecule has 1 N–H and O–H groups in total. The van der Waals surface area contributed by atoms with Gasteiger partial charge in [-0.15, -0.1) is 0 Å². The van der Waals surface area contributed by atoms with Crippen LogP contribution in [0.15, 0.2) is 48.5 Å². The first kappa shape index (κ1) is 19.5. The van der Waals surface area contributed by atoms with Gasteiger partial charge in [-0.1, -0.05) is 41.9 Å². The van der Waals surface area contributed by atoms with Gasteiger partial charge in [0.2, 0.25) is 5.91 Å². The maximum atomic E-state index is 12.5. The number of halogens is 1. The summed E-state index contributed by atoms with van der Waals surface area (Å²) in [5, 5.41) is 3.68. The minimum atomic E-state index is -0.174. The highest BCUT2D eigenvalue weighted by Gasteiger charge is 2.26. The van der Waals surface area contributed by atoms with E-state index in [1.54, 1.807) is 7.11 Å². The minimum Gasteiger partial charge on any atom is -0.495 e. The Morgan fingerprint density at radius 1 is 1.11 bits per heavy atom. The summed E-state index contributed by atoms with van der Waals surface area (Å²) in [6, 6.07) is 15.5. The first-order valence-electron chi connectivity index (χ1n) is 9.23. The Morgan fingerprint density at radius 3 is 2.48 bits per heavy atom. The van der Waals surface area contributed by atoms with Crippen LogP contribution in [0.2, 0.25) is 5.02 Å². The quantitative estimate of drug-likeness (QED) is 0.826. The lowest BCUT2D eigenvalue weighted by molar-refractivity contribution is -0.126. The van der Waals surface area contributed by atoms with Crippen LogP contribution in [0.25, 0.3) is 0 Å². The predicted octanol–water partition coefficient (Wildman–Crippen LogP) is 3.18. The molecule has 0 aliphatic carbocycles. The highest BCUT2D eigenvalue weighted by molar-refractivity contribution is 6.31. The number of para-hydroxylation sites is 2. The Kier molecular flexibility index (Phi) is 6.58. The molecule has 3 rings (SSSR count). The zero-order valence-electron chi connectivity index (χ0n) is 15.8. The van der Waals surface area contributed by atoms with Crippen molar-refractivity contribution >= 4 is 23.2 Å². The summed E-state index contributed by atoms with van der Waals surface area (Å²) in [4.78, 5) is 17.1. The number of amides is 1. The maximum absolute atomic E-state index is 12.5. The molecule has 5 nitrogen and oxygen atoms in total. The molecule has 0 spiro atoms. The molecule has 0 saturated carbocycles. The van der Waals surface area contributed by atoms with Crippen molar-refractivity contribution in [2.45, 2.75) is 19.5 Å². The molecule has 1 saturated heterocycles. The van der Waals surface area contributed by atoms with Gasteiger partial charge < -0.3 is 15.0 Å². The van der Waals surface area contributed by atoms with Crippen LogP contribution in [0.5, 0.6) is 5.75 Å². The highest BCUT2D eigenvalue weighted by atomic mass is 35.5. The third kappa shape index (κ3) is 4.73. The number of ether oxygens (including phenoxy) is 1. The lowest BCUT2D eigenvalue weighted by Gasteiger charge is -2.38. The normalized spacial score (nSPS) is 16.0. The summed E-state index contributed by atoms with van der Waals surface area (Å²) in [6.07, 6.45) is 0. The van der Waals surface area contributed by atoms with Crippen molar-refractivity contribution in [3.63, 3.8) is 0 Å². The van der Waals surface area contributed by atoms with Gasteiger partial charge >= 0.3 is 0 Å². The molecule has 2 aromatic rings. The van der Waals surface area contributed by atoms with Gasteiger partial charge in [0.05, 0.1) is 18.8 Å². The summed E-state index contributed by atoms with van der Waals surface area (Å²) >= 11 is 6.16. The highest BCUT2D eigenvalue weighted by Crippen LogP contribution is 2.28. The topological polar surface area (TPSA) is 44.8 Å². The number of anilines is 1. The Bertz CT molecular complexity index is 776. The lowest BCUT2D eigenvalue weighted by Crippen LogP contribution is -2.53. The first-order chi connectivity index (χ1) is 13.1. The van der Waals surface area contributed by atoms with E-state index in [1.165, 1.54) is 0 Å². The number of piperazine rings is 1. The summed E-state index contributed by atoms with van der Waals surface area (Å²) in [5.41, 5.74) is 2.04. The number of benzene rings is 2. The Labute approximate surface area is 165 Å². The van der Waals surface area contributed by atoms with E-state index in [0.717, 1.165) is 43.2 Å². The third-order valence-electron chi connectivity index (χ3n) is 5.08. The molecule has 1 fully saturated rings. The average Bonchev–Trinajstić information content (AvgIpc) is 2.72. The zero-order chi connectivity index (χ0) is 19.2. The molecule has 1 atom stereocenters. The average molecular weight is 388 g/mol. The van der Waals surface area contributed by atoms with E-state index in [0.29, 0.717) is 11.6 Å². The predicted molar refractivity (Wildman–Crippen MR) is 110 cm³/mol. The van der Waals surface area contributed by atoms with Gasteiger partial charge in [-0.25, -0.2) is 0 Å². The van der Waals surface area contributed by atoms with Crippen molar-refractivity contribution in [2.24, 2.45) is 0 Å². The molecule has 1 aliphatic rings. The monoisotopic (exact) mass is 387 g/mol. The number of nitrogens with zero attached hydrogens (tertiary/aromatic N) is 2. The number of methoxy groups -OCH3 is 1. The summed E-state index contributed by atoms with van der Waals surface area (Å²) in [6.45, 7) is 5.80. The van der Waals surface area contributed by atoms with Crippen molar-refractivity contribution in [1.29, 1.82) is 0 Å². The van der Waals surface area contributed by atoms with E-state index in [4.69, 9.17) is 16.3 Å². The molecule has 2 aromatic carbocycles. The van der Waals surface area contributed by atoms with Gasteiger partial charge in [-0.2, -0.15) is 0 Å². The number of hydrogen-bond acceptors (Lipinski definition) is 4. The van der Waals surface area contributed by atoms with Crippen molar-refractivity contribution < 1.29 is 9.53 Å². The van der Waals surface area contributed by atoms with E-state index >= 15 is 0 Å². The van der Waals surface area contributed by atoms with Gasteiger partial charge in [0, 0.05) is 37.7 Å². The maximum Gasteiger partial charge on any atom is 0.237 e. The molecule has 1 heterocycles. The zero-order valence-corrected chi connectivity index (χ0v) is 16.6. The van der Waals surface area contributed by atoms with Gasteiger partial charge in [0.1, 0.15) is 5.75 Å². The van der Waals surface area contributed by atoms with Crippen LogP contribution in [0.1, 0.15) is 12.5 Å². The Balaban J connectivity index is 1.52. The molecule has 0 aromatic heterocycles. The van der Waals surface area contributed by atoms with Crippen LogP contribution in [-0.4, -0.2) is 50.1 Å². The van der Waals surface area contributed by atoms with Crippen LogP contribution >= 0.6 is 11.6 Å². The Morgan fingerprint density at radius 2 is 1.78 bits per heavy atom. The first-order valence-corrected chi connectivity index (χ1v) is 9.61. The Hall–Kier alpha value is -2.24. The second-order valence-corrected chi connectivity index (χ2v) is 7.09.